The molecule has 5 rings (SSSR count). The predicted octanol–water partition coefficient (Wildman–Crippen LogP) is 7.05. The molecule has 0 saturated heterocycles. The second kappa shape index (κ2) is 9.66. The van der Waals surface area contributed by atoms with Crippen molar-refractivity contribution in [3.05, 3.63) is 95.6 Å². The van der Waals surface area contributed by atoms with E-state index in [4.69, 9.17) is 4.74 Å². The number of hydrogen-bond acceptors (Lipinski definition) is 6. The molecule has 0 radical (unpaired) electrons. The summed E-state index contributed by atoms with van der Waals surface area (Å²) >= 11 is 1.91. The van der Waals surface area contributed by atoms with Gasteiger partial charge in [0.05, 0.1) is 4.21 Å². The van der Waals surface area contributed by atoms with Gasteiger partial charge in [-0.1, -0.05) is 78.9 Å². The molecule has 1 aliphatic rings. The van der Waals surface area contributed by atoms with Crippen LogP contribution in [0.5, 0.6) is 0 Å². The highest BCUT2D eigenvalue weighted by Crippen LogP contribution is 2.46. The van der Waals surface area contributed by atoms with Crippen LogP contribution in [-0.4, -0.2) is 23.8 Å². The number of carbonyl (C=O) groups is 2. The topological polar surface area (TPSA) is 99.4 Å². The number of carboxylic acid groups (broad SMARTS) is 1. The minimum Gasteiger partial charge on any atom is -0.478 e. The number of nitrogens with zero attached hydrogens (tertiary/aromatic N) is 1. The lowest BCUT2D eigenvalue weighted by atomic mass is 9.98. The molecule has 0 unspecified atom stereocenters. The first kappa shape index (κ1) is 22.7. The Morgan fingerprint density at radius 2 is 1.57 bits per heavy atom. The molecule has 0 fully saturated rings. The van der Waals surface area contributed by atoms with E-state index in [1.807, 2.05) is 47.9 Å². The van der Waals surface area contributed by atoms with Crippen LogP contribution in [0.2, 0.25) is 0 Å². The molecule has 6 nitrogen and oxygen atoms in total. The fraction of sp³-hybridized carbons (Fsp3) is 0.0741. The first-order chi connectivity index (χ1) is 17.1. The SMILES string of the molecule is N#CSc1sc(NC(=O)OCC2c3ccccc3-c3ccccc32)c(C(=O)O)c1-c1ccccc1. The summed E-state index contributed by atoms with van der Waals surface area (Å²) in [6, 6.07) is 25.0. The van der Waals surface area contributed by atoms with Crippen LogP contribution >= 0.6 is 23.1 Å². The van der Waals surface area contributed by atoms with Gasteiger partial charge in [-0.15, -0.1) is 11.3 Å². The Morgan fingerprint density at radius 1 is 0.971 bits per heavy atom. The minimum absolute atomic E-state index is 0.0625. The standard InChI is InChI=1S/C27H18N2O4S2/c28-15-34-26-22(16-8-2-1-3-9-16)23(25(30)31)24(35-26)29-27(32)33-14-21-19-12-6-4-10-17(19)18-11-5-7-13-20(18)21/h1-13,21H,14H2,(H,29,32)(H,30,31). The molecule has 3 aromatic carbocycles. The molecule has 0 spiro atoms. The van der Waals surface area contributed by atoms with E-state index < -0.39 is 12.1 Å². The number of thioether (sulfide) groups is 1. The number of nitriles is 1. The number of anilines is 1. The summed E-state index contributed by atoms with van der Waals surface area (Å²) in [6.45, 7) is 0.110. The smallest absolute Gasteiger partial charge is 0.412 e. The number of fused-ring (bicyclic) bond motifs is 3. The number of ether oxygens (including phenoxy) is 1. The van der Waals surface area contributed by atoms with E-state index >= 15 is 0 Å². The average Bonchev–Trinajstić information content (AvgIpc) is 3.39. The monoisotopic (exact) mass is 498 g/mol. The number of thiocyanates is 1. The number of amides is 1. The Kier molecular flexibility index (Phi) is 6.27. The largest absolute Gasteiger partial charge is 0.478 e. The first-order valence-corrected chi connectivity index (χ1v) is 12.3. The van der Waals surface area contributed by atoms with Crippen molar-refractivity contribution < 1.29 is 19.4 Å². The molecule has 0 bridgehead atoms. The van der Waals surface area contributed by atoms with Crippen molar-refractivity contribution in [1.82, 2.24) is 0 Å². The Balaban J connectivity index is 1.40. The third-order valence-electron chi connectivity index (χ3n) is 5.85. The number of carbonyl (C=O) groups excluding carboxylic acids is 1. The van der Waals surface area contributed by atoms with Gasteiger partial charge in [0.15, 0.2) is 0 Å². The zero-order valence-corrected chi connectivity index (χ0v) is 19.9. The summed E-state index contributed by atoms with van der Waals surface area (Å²) < 4.78 is 6.08. The molecule has 35 heavy (non-hydrogen) atoms. The van der Waals surface area contributed by atoms with Gasteiger partial charge < -0.3 is 9.84 Å². The van der Waals surface area contributed by atoms with Crippen molar-refractivity contribution in [3.8, 4) is 27.7 Å². The summed E-state index contributed by atoms with van der Waals surface area (Å²) in [7, 11) is 0. The lowest BCUT2D eigenvalue weighted by Gasteiger charge is -2.14. The predicted molar refractivity (Wildman–Crippen MR) is 137 cm³/mol. The Bertz CT molecular complexity index is 1430. The molecule has 8 heteroatoms. The van der Waals surface area contributed by atoms with E-state index in [1.165, 1.54) is 0 Å². The first-order valence-electron chi connectivity index (χ1n) is 10.7. The van der Waals surface area contributed by atoms with Crippen LogP contribution in [-0.2, 0) is 4.74 Å². The number of thiophene rings is 1. The van der Waals surface area contributed by atoms with Gasteiger partial charge in [-0.05, 0) is 27.8 Å². The van der Waals surface area contributed by atoms with Crippen LogP contribution in [0.1, 0.15) is 27.4 Å². The van der Waals surface area contributed by atoms with E-state index in [1.54, 1.807) is 24.3 Å². The third-order valence-corrected chi connectivity index (χ3v) is 7.73. The quantitative estimate of drug-likeness (QED) is 0.218. The summed E-state index contributed by atoms with van der Waals surface area (Å²) in [4.78, 5) is 25.0. The van der Waals surface area contributed by atoms with Gasteiger partial charge in [0.2, 0.25) is 0 Å². The van der Waals surface area contributed by atoms with E-state index in [9.17, 15) is 20.0 Å². The highest BCUT2D eigenvalue weighted by atomic mass is 32.2. The summed E-state index contributed by atoms with van der Waals surface area (Å²) in [5.74, 6) is -1.31. The van der Waals surface area contributed by atoms with Crippen molar-refractivity contribution in [2.24, 2.45) is 0 Å². The summed E-state index contributed by atoms with van der Waals surface area (Å²) in [5, 5.41) is 23.9. The van der Waals surface area contributed by atoms with Gasteiger partial charge in [0.1, 0.15) is 22.6 Å². The molecule has 0 saturated carbocycles. The highest BCUT2D eigenvalue weighted by molar-refractivity contribution is 8.05. The van der Waals surface area contributed by atoms with Crippen LogP contribution < -0.4 is 5.32 Å². The average molecular weight is 499 g/mol. The van der Waals surface area contributed by atoms with E-state index in [0.29, 0.717) is 15.3 Å². The van der Waals surface area contributed by atoms with Crippen LogP contribution in [0.25, 0.3) is 22.3 Å². The number of carboxylic acids is 1. The zero-order chi connectivity index (χ0) is 24.4. The molecule has 1 amide bonds. The number of benzene rings is 3. The van der Waals surface area contributed by atoms with Crippen LogP contribution in [0.15, 0.2) is 83.1 Å². The van der Waals surface area contributed by atoms with Crippen molar-refractivity contribution in [2.45, 2.75) is 10.1 Å². The Hall–Kier alpha value is -4.06. The van der Waals surface area contributed by atoms with Crippen LogP contribution in [0.3, 0.4) is 0 Å². The third kappa shape index (κ3) is 4.28. The van der Waals surface area contributed by atoms with Gasteiger partial charge in [0, 0.05) is 23.2 Å². The second-order valence-corrected chi connectivity index (χ2v) is 9.86. The molecular weight excluding hydrogens is 480 g/mol. The molecule has 1 heterocycles. The Labute approximate surface area is 209 Å². The van der Waals surface area contributed by atoms with E-state index in [-0.39, 0.29) is 23.1 Å². The molecule has 172 valence electrons. The van der Waals surface area contributed by atoms with E-state index in [2.05, 4.69) is 17.4 Å². The van der Waals surface area contributed by atoms with Crippen LogP contribution in [0.4, 0.5) is 9.80 Å². The van der Waals surface area contributed by atoms with Gasteiger partial charge in [-0.2, -0.15) is 5.26 Å². The summed E-state index contributed by atoms with van der Waals surface area (Å²) in [5.41, 5.74) is 5.41. The molecule has 0 aliphatic heterocycles. The maximum Gasteiger partial charge on any atom is 0.412 e. The van der Waals surface area contributed by atoms with Crippen molar-refractivity contribution >= 4 is 40.2 Å². The number of hydrogen-bond donors (Lipinski definition) is 2. The normalized spacial score (nSPS) is 11.9. The van der Waals surface area contributed by atoms with Gasteiger partial charge >= 0.3 is 12.1 Å². The highest BCUT2D eigenvalue weighted by Gasteiger charge is 2.30. The molecule has 0 atom stereocenters. The van der Waals surface area contributed by atoms with Crippen LogP contribution in [0, 0.1) is 10.7 Å². The number of rotatable bonds is 6. The maximum absolute atomic E-state index is 12.8. The van der Waals surface area contributed by atoms with Crippen molar-refractivity contribution in [2.75, 3.05) is 11.9 Å². The minimum atomic E-state index is -1.20. The van der Waals surface area contributed by atoms with Gasteiger partial charge in [-0.25, -0.2) is 9.59 Å². The second-order valence-electron chi connectivity index (χ2n) is 7.78. The lowest BCUT2D eigenvalue weighted by molar-refractivity contribution is 0.0699. The molecule has 1 aliphatic carbocycles. The zero-order valence-electron chi connectivity index (χ0n) is 18.2. The number of nitrogens with one attached hydrogen (secondary N) is 1. The molecule has 4 aromatic rings. The maximum atomic E-state index is 12.8. The molecule has 1 aromatic heterocycles. The molecular formula is C27H18N2O4S2. The number of aromatic carboxylic acids is 1. The summed E-state index contributed by atoms with van der Waals surface area (Å²) in [6.07, 6.45) is -0.747. The van der Waals surface area contributed by atoms with Crippen molar-refractivity contribution in [3.63, 3.8) is 0 Å². The van der Waals surface area contributed by atoms with Crippen molar-refractivity contribution in [1.29, 1.82) is 5.26 Å². The van der Waals surface area contributed by atoms with Gasteiger partial charge in [-0.3, -0.25) is 5.32 Å². The molecule has 2 N–H and O–H groups in total. The Morgan fingerprint density at radius 3 is 2.17 bits per heavy atom. The fourth-order valence-corrected chi connectivity index (χ4v) is 6.28. The lowest BCUT2D eigenvalue weighted by Crippen LogP contribution is -2.18. The van der Waals surface area contributed by atoms with Gasteiger partial charge in [0.25, 0.3) is 0 Å². The van der Waals surface area contributed by atoms with E-state index in [0.717, 1.165) is 45.4 Å². The fourth-order valence-electron chi connectivity index (χ4n) is 4.41.